The molecule has 2 aliphatic heterocycles. The molecule has 14 heteroatoms. The summed E-state index contributed by atoms with van der Waals surface area (Å²) < 4.78 is 68.0. The lowest BCUT2D eigenvalue weighted by Gasteiger charge is -2.34. The van der Waals surface area contributed by atoms with Crippen LogP contribution in [0.1, 0.15) is 66.7 Å². The number of halogens is 4. The van der Waals surface area contributed by atoms with E-state index >= 15 is 0 Å². The van der Waals surface area contributed by atoms with Gasteiger partial charge in [0.15, 0.2) is 0 Å². The van der Waals surface area contributed by atoms with Gasteiger partial charge in [0.25, 0.3) is 0 Å². The van der Waals surface area contributed by atoms with Gasteiger partial charge >= 0.3 is 12.3 Å². The number of amides is 1. The number of methoxy groups -OCH3 is 1. The standard InChI is InChI=1S/C34H37F4N7O3/c1-17(2)45-20(5)29(19(4)42-45)23-11-26(31(47-7)39-12-23)27-13-40-32(43-14-25(35)15-43)41-28(27)16-44-21(6)30(48-33(44)46)22-8-18(3)9-24(10-22)34(36,37)38/h8-13,17,21,25,30H,14-16H2,1-7H3/t21-,30-/m0/s1. The van der Waals surface area contributed by atoms with E-state index in [-0.39, 0.29) is 31.2 Å². The molecular weight excluding hydrogens is 630 g/mol. The van der Waals surface area contributed by atoms with E-state index in [9.17, 15) is 22.4 Å². The van der Waals surface area contributed by atoms with Crippen LogP contribution in [0.3, 0.4) is 0 Å². The Balaban J connectivity index is 1.41. The maximum absolute atomic E-state index is 13.8. The molecule has 2 atom stereocenters. The van der Waals surface area contributed by atoms with E-state index in [1.54, 1.807) is 37.2 Å². The molecule has 5 heterocycles. The van der Waals surface area contributed by atoms with Gasteiger partial charge in [0.1, 0.15) is 12.3 Å². The van der Waals surface area contributed by atoms with Gasteiger partial charge in [0.2, 0.25) is 11.8 Å². The summed E-state index contributed by atoms with van der Waals surface area (Å²) in [5.41, 5.74) is 4.83. The minimum Gasteiger partial charge on any atom is -0.481 e. The Bertz CT molecular complexity index is 1870. The van der Waals surface area contributed by atoms with Crippen molar-refractivity contribution in [1.82, 2.24) is 29.6 Å². The lowest BCUT2D eigenvalue weighted by molar-refractivity contribution is -0.137. The molecule has 2 aliphatic rings. The summed E-state index contributed by atoms with van der Waals surface area (Å²) in [6, 6.07) is 5.07. The molecule has 0 aliphatic carbocycles. The summed E-state index contributed by atoms with van der Waals surface area (Å²) in [5, 5.41) is 4.72. The smallest absolute Gasteiger partial charge is 0.416 e. The molecule has 254 valence electrons. The Hall–Kier alpha value is -4.75. The van der Waals surface area contributed by atoms with E-state index in [1.165, 1.54) is 12.0 Å². The Morgan fingerprint density at radius 3 is 2.40 bits per heavy atom. The van der Waals surface area contributed by atoms with Crippen LogP contribution in [0.5, 0.6) is 5.88 Å². The molecule has 10 nitrogen and oxygen atoms in total. The third-order valence-electron chi connectivity index (χ3n) is 8.88. The van der Waals surface area contributed by atoms with Crippen LogP contribution in [0, 0.1) is 20.8 Å². The number of carbonyl (C=O) groups is 1. The Kier molecular flexibility index (Phi) is 8.54. The third-order valence-corrected chi connectivity index (χ3v) is 8.88. The molecule has 1 amide bonds. The number of hydrogen-bond donors (Lipinski definition) is 0. The number of hydrogen-bond acceptors (Lipinski definition) is 8. The number of pyridine rings is 1. The first-order valence-electron chi connectivity index (χ1n) is 15.7. The highest BCUT2D eigenvalue weighted by Gasteiger charge is 2.42. The molecule has 4 aromatic rings. The summed E-state index contributed by atoms with van der Waals surface area (Å²) in [6.45, 7) is 11.5. The molecule has 2 saturated heterocycles. The Morgan fingerprint density at radius 2 is 1.77 bits per heavy atom. The average molecular weight is 668 g/mol. The molecule has 0 saturated carbocycles. The van der Waals surface area contributed by atoms with Crippen LogP contribution in [0.15, 0.2) is 36.7 Å². The van der Waals surface area contributed by atoms with E-state index in [4.69, 9.17) is 19.6 Å². The summed E-state index contributed by atoms with van der Waals surface area (Å²) in [6.07, 6.45) is -3.89. The van der Waals surface area contributed by atoms with Gasteiger partial charge in [-0.15, -0.1) is 0 Å². The zero-order chi connectivity index (χ0) is 34.7. The number of anilines is 1. The topological polar surface area (TPSA) is 98.5 Å². The highest BCUT2D eigenvalue weighted by atomic mass is 19.4. The lowest BCUT2D eigenvalue weighted by atomic mass is 9.97. The van der Waals surface area contributed by atoms with Crippen molar-refractivity contribution in [3.63, 3.8) is 0 Å². The number of aromatic nitrogens is 5. The van der Waals surface area contributed by atoms with Crippen LogP contribution in [-0.4, -0.2) is 68.1 Å². The first-order chi connectivity index (χ1) is 22.7. The fraction of sp³-hybridized carbons (Fsp3) is 0.441. The first kappa shape index (κ1) is 33.2. The number of ether oxygens (including phenoxy) is 2. The number of cyclic esters (lactones) is 1. The normalized spacial score (nSPS) is 18.5. The third kappa shape index (κ3) is 6.03. The summed E-state index contributed by atoms with van der Waals surface area (Å²) in [5.74, 6) is 0.589. The van der Waals surface area contributed by atoms with Crippen LogP contribution >= 0.6 is 0 Å². The summed E-state index contributed by atoms with van der Waals surface area (Å²) >= 11 is 0. The van der Waals surface area contributed by atoms with Crippen LogP contribution in [0.2, 0.25) is 0 Å². The number of alkyl halides is 4. The highest BCUT2D eigenvalue weighted by Crippen LogP contribution is 2.40. The zero-order valence-electron chi connectivity index (χ0n) is 27.8. The van der Waals surface area contributed by atoms with Crippen LogP contribution < -0.4 is 9.64 Å². The maximum Gasteiger partial charge on any atom is 0.416 e. The van der Waals surface area contributed by atoms with E-state index in [0.29, 0.717) is 34.2 Å². The molecule has 48 heavy (non-hydrogen) atoms. The number of aryl methyl sites for hydroxylation is 2. The summed E-state index contributed by atoms with van der Waals surface area (Å²) in [4.78, 5) is 30.4. The van der Waals surface area contributed by atoms with Crippen molar-refractivity contribution >= 4 is 12.0 Å². The molecule has 6 rings (SSSR count). The number of benzene rings is 1. The van der Waals surface area contributed by atoms with Gasteiger partial charge < -0.3 is 14.4 Å². The number of nitrogens with zero attached hydrogens (tertiary/aromatic N) is 7. The molecule has 0 radical (unpaired) electrons. The minimum absolute atomic E-state index is 0.0666. The number of rotatable bonds is 8. The quantitative estimate of drug-likeness (QED) is 0.183. The number of carbonyl (C=O) groups excluding carboxylic acids is 1. The zero-order valence-corrected chi connectivity index (χ0v) is 27.8. The van der Waals surface area contributed by atoms with Gasteiger partial charge in [-0.2, -0.15) is 18.3 Å². The lowest BCUT2D eigenvalue weighted by Crippen LogP contribution is -2.49. The molecule has 2 fully saturated rings. The summed E-state index contributed by atoms with van der Waals surface area (Å²) in [7, 11) is 1.50. The van der Waals surface area contributed by atoms with Crippen molar-refractivity contribution in [1.29, 1.82) is 0 Å². The molecule has 0 spiro atoms. The second kappa shape index (κ2) is 12.4. The minimum atomic E-state index is -4.56. The van der Waals surface area contributed by atoms with Crippen molar-refractivity contribution in [2.24, 2.45) is 0 Å². The van der Waals surface area contributed by atoms with E-state index in [0.717, 1.165) is 34.6 Å². The first-order valence-corrected chi connectivity index (χ1v) is 15.7. The second-order valence-corrected chi connectivity index (χ2v) is 12.7. The van der Waals surface area contributed by atoms with Gasteiger partial charge in [-0.25, -0.2) is 24.1 Å². The molecule has 1 aromatic carbocycles. The predicted octanol–water partition coefficient (Wildman–Crippen LogP) is 7.18. The SMILES string of the molecule is COc1ncc(-c2c(C)nn(C(C)C)c2C)cc1-c1cnc(N2CC(F)C2)nc1CN1C(=O)O[C@H](c2cc(C)cc(C(F)(F)F)c2)[C@@H]1C. The molecule has 0 N–H and O–H groups in total. The van der Waals surface area contributed by atoms with Gasteiger partial charge in [0.05, 0.1) is 49.7 Å². The van der Waals surface area contributed by atoms with Gasteiger partial charge in [0, 0.05) is 46.4 Å². The van der Waals surface area contributed by atoms with Crippen LogP contribution in [0.4, 0.5) is 28.3 Å². The highest BCUT2D eigenvalue weighted by molar-refractivity contribution is 5.79. The molecule has 3 aromatic heterocycles. The molecule has 0 unspecified atom stereocenters. The van der Waals surface area contributed by atoms with Crippen LogP contribution in [-0.2, 0) is 17.5 Å². The van der Waals surface area contributed by atoms with E-state index < -0.39 is 36.2 Å². The van der Waals surface area contributed by atoms with Gasteiger partial charge in [-0.1, -0.05) is 11.6 Å². The van der Waals surface area contributed by atoms with E-state index in [2.05, 4.69) is 23.8 Å². The second-order valence-electron chi connectivity index (χ2n) is 12.7. The van der Waals surface area contributed by atoms with Gasteiger partial charge in [-0.3, -0.25) is 9.58 Å². The Labute approximate surface area is 275 Å². The van der Waals surface area contributed by atoms with Crippen molar-refractivity contribution in [2.75, 3.05) is 25.1 Å². The van der Waals surface area contributed by atoms with Crippen molar-refractivity contribution in [2.45, 2.75) is 78.6 Å². The van der Waals surface area contributed by atoms with Crippen molar-refractivity contribution in [3.05, 3.63) is 70.4 Å². The van der Waals surface area contributed by atoms with Crippen molar-refractivity contribution in [3.8, 4) is 28.1 Å². The fourth-order valence-corrected chi connectivity index (χ4v) is 6.48. The molecular formula is C34H37F4N7O3. The molecule has 0 bridgehead atoms. The Morgan fingerprint density at radius 1 is 1.04 bits per heavy atom. The monoisotopic (exact) mass is 667 g/mol. The van der Waals surface area contributed by atoms with Crippen molar-refractivity contribution < 1.29 is 31.8 Å². The van der Waals surface area contributed by atoms with E-state index in [1.807, 2.05) is 24.6 Å². The average Bonchev–Trinajstić information content (AvgIpc) is 3.47. The van der Waals surface area contributed by atoms with Crippen LogP contribution in [0.25, 0.3) is 22.3 Å². The maximum atomic E-state index is 13.8. The fourth-order valence-electron chi connectivity index (χ4n) is 6.48. The largest absolute Gasteiger partial charge is 0.481 e. The van der Waals surface area contributed by atoms with Gasteiger partial charge in [-0.05, 0) is 65.3 Å². The predicted molar refractivity (Wildman–Crippen MR) is 170 cm³/mol.